The zero-order valence-corrected chi connectivity index (χ0v) is 9.32. The number of nitrogens with two attached hydrogens (primary N) is 1. The smallest absolute Gasteiger partial charge is 0.276 e. The minimum absolute atomic E-state index is 0.322. The summed E-state index contributed by atoms with van der Waals surface area (Å²) in [4.78, 5) is 12.5. The summed E-state index contributed by atoms with van der Waals surface area (Å²) in [5.74, 6) is 1.16. The molecule has 2 N–H and O–H groups in total. The molecule has 3 rings (SSSR count). The van der Waals surface area contributed by atoms with Gasteiger partial charge in [-0.3, -0.25) is 4.98 Å². The molecule has 18 heavy (non-hydrogen) atoms. The second kappa shape index (κ2) is 4.25. The summed E-state index contributed by atoms with van der Waals surface area (Å²) in [6.07, 6.45) is 1.67. The van der Waals surface area contributed by atoms with E-state index in [0.717, 1.165) is 0 Å². The molecule has 0 saturated heterocycles. The van der Waals surface area contributed by atoms with E-state index in [0.29, 0.717) is 28.9 Å². The number of anilines is 1. The molecule has 0 atom stereocenters. The van der Waals surface area contributed by atoms with Gasteiger partial charge >= 0.3 is 0 Å². The summed E-state index contributed by atoms with van der Waals surface area (Å²) in [5.41, 5.74) is 6.80. The van der Waals surface area contributed by atoms with E-state index >= 15 is 0 Å². The predicted octanol–water partition coefficient (Wildman–Crippen LogP) is 1.78. The Labute approximate surface area is 103 Å². The summed E-state index contributed by atoms with van der Waals surface area (Å²) in [5, 5.41) is 3.86. The first kappa shape index (κ1) is 10.4. The van der Waals surface area contributed by atoms with Crippen LogP contribution >= 0.6 is 0 Å². The third kappa shape index (κ3) is 1.91. The van der Waals surface area contributed by atoms with Gasteiger partial charge in [0.1, 0.15) is 17.2 Å². The molecule has 0 spiro atoms. The topological polar surface area (TPSA) is 90.7 Å². The van der Waals surface area contributed by atoms with Gasteiger partial charge in [-0.15, -0.1) is 0 Å². The van der Waals surface area contributed by atoms with Gasteiger partial charge in [0, 0.05) is 6.20 Å². The van der Waals surface area contributed by atoms with Crippen molar-refractivity contribution in [1.29, 1.82) is 0 Å². The molecule has 0 aromatic carbocycles. The summed E-state index contributed by atoms with van der Waals surface area (Å²) in [7, 11) is 0. The first-order valence-electron chi connectivity index (χ1n) is 5.31. The largest absolute Gasteiger partial charge is 0.384 e. The van der Waals surface area contributed by atoms with Gasteiger partial charge in [-0.1, -0.05) is 17.3 Å². The van der Waals surface area contributed by atoms with Crippen molar-refractivity contribution in [2.45, 2.75) is 0 Å². The van der Waals surface area contributed by atoms with Crippen LogP contribution in [0.1, 0.15) is 0 Å². The normalized spacial score (nSPS) is 10.4. The standard InChI is InChI=1S/C12H9N5O/c13-10-6-3-5-9(15-10)12-16-11(17-18-12)8-4-1-2-7-14-8/h1-7H,(H2,13,15). The Hall–Kier alpha value is -2.76. The third-order valence-electron chi connectivity index (χ3n) is 2.31. The molecular formula is C12H9N5O. The lowest BCUT2D eigenvalue weighted by Crippen LogP contribution is -1.91. The molecule has 6 heteroatoms. The molecule has 3 heterocycles. The Morgan fingerprint density at radius 3 is 2.61 bits per heavy atom. The van der Waals surface area contributed by atoms with Crippen molar-refractivity contribution in [3.05, 3.63) is 42.6 Å². The van der Waals surface area contributed by atoms with E-state index in [4.69, 9.17) is 10.3 Å². The van der Waals surface area contributed by atoms with Crippen LogP contribution in [0, 0.1) is 0 Å². The first-order chi connectivity index (χ1) is 8.83. The Bertz CT molecular complexity index is 665. The Kier molecular flexibility index (Phi) is 2.45. The van der Waals surface area contributed by atoms with Gasteiger partial charge in [-0.05, 0) is 24.3 Å². The zero-order chi connectivity index (χ0) is 12.4. The lowest BCUT2D eigenvalue weighted by Gasteiger charge is -1.94. The van der Waals surface area contributed by atoms with Crippen LogP contribution in [-0.4, -0.2) is 20.1 Å². The van der Waals surface area contributed by atoms with Crippen LogP contribution in [0.15, 0.2) is 47.1 Å². The fraction of sp³-hybridized carbons (Fsp3) is 0. The SMILES string of the molecule is Nc1cccc(-c2nc(-c3ccccn3)no2)n1. The highest BCUT2D eigenvalue weighted by molar-refractivity contribution is 5.55. The maximum Gasteiger partial charge on any atom is 0.276 e. The van der Waals surface area contributed by atoms with Gasteiger partial charge in [0.15, 0.2) is 0 Å². The molecule has 6 nitrogen and oxygen atoms in total. The summed E-state index contributed by atoms with van der Waals surface area (Å²) >= 11 is 0. The minimum atomic E-state index is 0.322. The van der Waals surface area contributed by atoms with Gasteiger partial charge in [-0.2, -0.15) is 4.98 Å². The maximum absolute atomic E-state index is 5.60. The van der Waals surface area contributed by atoms with Crippen molar-refractivity contribution in [2.24, 2.45) is 0 Å². The van der Waals surface area contributed by atoms with Crippen LogP contribution in [-0.2, 0) is 0 Å². The minimum Gasteiger partial charge on any atom is -0.384 e. The van der Waals surface area contributed by atoms with Gasteiger partial charge in [0.2, 0.25) is 5.82 Å². The van der Waals surface area contributed by atoms with E-state index < -0.39 is 0 Å². The van der Waals surface area contributed by atoms with Crippen molar-refractivity contribution in [3.8, 4) is 23.1 Å². The number of nitrogen functional groups attached to an aromatic ring is 1. The molecule has 0 unspecified atom stereocenters. The van der Waals surface area contributed by atoms with Crippen molar-refractivity contribution < 1.29 is 4.52 Å². The molecule has 0 aliphatic heterocycles. The number of rotatable bonds is 2. The molecule has 0 fully saturated rings. The number of nitrogens with zero attached hydrogens (tertiary/aromatic N) is 4. The summed E-state index contributed by atoms with van der Waals surface area (Å²) < 4.78 is 5.14. The lowest BCUT2D eigenvalue weighted by molar-refractivity contribution is 0.431. The van der Waals surface area contributed by atoms with Crippen molar-refractivity contribution >= 4 is 5.82 Å². The van der Waals surface area contributed by atoms with Gasteiger partial charge < -0.3 is 10.3 Å². The van der Waals surface area contributed by atoms with Crippen molar-refractivity contribution in [3.63, 3.8) is 0 Å². The molecule has 0 radical (unpaired) electrons. The number of hydrogen-bond acceptors (Lipinski definition) is 6. The Morgan fingerprint density at radius 2 is 1.83 bits per heavy atom. The van der Waals surface area contributed by atoms with Crippen LogP contribution in [0.4, 0.5) is 5.82 Å². The van der Waals surface area contributed by atoms with E-state index in [1.54, 1.807) is 30.5 Å². The summed E-state index contributed by atoms with van der Waals surface area (Å²) in [6.45, 7) is 0. The van der Waals surface area contributed by atoms with Crippen LogP contribution in [0.25, 0.3) is 23.1 Å². The molecule has 3 aromatic rings. The average molecular weight is 239 g/mol. The second-order valence-corrected chi connectivity index (χ2v) is 3.59. The highest BCUT2D eigenvalue weighted by Crippen LogP contribution is 2.19. The molecule has 0 aliphatic rings. The van der Waals surface area contributed by atoms with Crippen LogP contribution in [0.5, 0.6) is 0 Å². The average Bonchev–Trinajstić information content (AvgIpc) is 2.89. The van der Waals surface area contributed by atoms with Gasteiger partial charge in [0.25, 0.3) is 5.89 Å². The van der Waals surface area contributed by atoms with Crippen LogP contribution in [0.2, 0.25) is 0 Å². The number of aromatic nitrogens is 4. The van der Waals surface area contributed by atoms with Crippen molar-refractivity contribution in [2.75, 3.05) is 5.73 Å². The monoisotopic (exact) mass is 239 g/mol. The lowest BCUT2D eigenvalue weighted by atomic mass is 10.3. The van der Waals surface area contributed by atoms with Gasteiger partial charge in [-0.25, -0.2) is 4.98 Å². The molecule has 88 valence electrons. The van der Waals surface area contributed by atoms with E-state index in [9.17, 15) is 0 Å². The van der Waals surface area contributed by atoms with E-state index in [1.807, 2.05) is 12.1 Å². The Balaban J connectivity index is 2.00. The highest BCUT2D eigenvalue weighted by Gasteiger charge is 2.12. The third-order valence-corrected chi connectivity index (χ3v) is 2.31. The molecule has 3 aromatic heterocycles. The molecule has 0 saturated carbocycles. The predicted molar refractivity (Wildman–Crippen MR) is 65.2 cm³/mol. The summed E-state index contributed by atoms with van der Waals surface area (Å²) in [6, 6.07) is 10.7. The van der Waals surface area contributed by atoms with E-state index in [-0.39, 0.29) is 0 Å². The second-order valence-electron chi connectivity index (χ2n) is 3.59. The molecule has 0 amide bonds. The van der Waals surface area contributed by atoms with E-state index in [1.165, 1.54) is 0 Å². The fourth-order valence-corrected chi connectivity index (χ4v) is 1.50. The van der Waals surface area contributed by atoms with Gasteiger partial charge in [0.05, 0.1) is 0 Å². The number of pyridine rings is 2. The maximum atomic E-state index is 5.60. The number of hydrogen-bond donors (Lipinski definition) is 1. The quantitative estimate of drug-likeness (QED) is 0.732. The fourth-order valence-electron chi connectivity index (χ4n) is 1.50. The van der Waals surface area contributed by atoms with Crippen LogP contribution in [0.3, 0.4) is 0 Å². The van der Waals surface area contributed by atoms with Crippen molar-refractivity contribution in [1.82, 2.24) is 20.1 Å². The first-order valence-corrected chi connectivity index (χ1v) is 5.31. The zero-order valence-electron chi connectivity index (χ0n) is 9.32. The molecule has 0 bridgehead atoms. The Morgan fingerprint density at radius 1 is 0.944 bits per heavy atom. The molecular weight excluding hydrogens is 230 g/mol. The van der Waals surface area contributed by atoms with Crippen LogP contribution < -0.4 is 5.73 Å². The van der Waals surface area contributed by atoms with E-state index in [2.05, 4.69) is 20.1 Å². The highest BCUT2D eigenvalue weighted by atomic mass is 16.5. The molecule has 0 aliphatic carbocycles.